The number of hydrogen-bond donors (Lipinski definition) is 0. The lowest BCUT2D eigenvalue weighted by Gasteiger charge is -2.43. The molecule has 3 rings (SSSR count). The van der Waals surface area contributed by atoms with Gasteiger partial charge in [-0.1, -0.05) is 18.7 Å². The fourth-order valence-corrected chi connectivity index (χ4v) is 4.24. The Morgan fingerprint density at radius 2 is 2.00 bits per heavy atom. The lowest BCUT2D eigenvalue weighted by molar-refractivity contribution is -0.174. The molecule has 0 spiro atoms. The maximum Gasteiger partial charge on any atom is 0.357 e. The van der Waals surface area contributed by atoms with Gasteiger partial charge in [0.05, 0.1) is 17.4 Å². The molecule has 0 bridgehead atoms. The van der Waals surface area contributed by atoms with Gasteiger partial charge >= 0.3 is 11.9 Å². The highest BCUT2D eigenvalue weighted by atomic mass is 32.2. The number of esters is 2. The highest BCUT2D eigenvalue weighted by Gasteiger charge is 2.54. The number of β-lactam (4-membered cyclic amide) rings is 1. The van der Waals surface area contributed by atoms with Gasteiger partial charge in [0.25, 0.3) is 0 Å². The first-order valence-corrected chi connectivity index (χ1v) is 10.4. The van der Waals surface area contributed by atoms with Crippen LogP contribution in [0.2, 0.25) is 0 Å². The Balaban J connectivity index is 1.71. The lowest BCUT2D eigenvalue weighted by atomic mass is 9.85. The smallest absolute Gasteiger partial charge is 0.357 e. The molecule has 1 saturated heterocycles. The van der Waals surface area contributed by atoms with E-state index in [4.69, 9.17) is 9.47 Å². The van der Waals surface area contributed by atoms with Gasteiger partial charge in [-0.25, -0.2) is 9.48 Å². The number of fused-ring (bicyclic) bond motifs is 1. The molecule has 1 aromatic heterocycles. The molecular weight excluding hydrogens is 398 g/mol. The van der Waals surface area contributed by atoms with Gasteiger partial charge < -0.3 is 14.4 Å². The first-order valence-electron chi connectivity index (χ1n) is 9.39. The molecule has 2 unspecified atom stereocenters. The first-order chi connectivity index (χ1) is 13.6. The van der Waals surface area contributed by atoms with Gasteiger partial charge in [-0.2, -0.15) is 0 Å². The largest absolute Gasteiger partial charge is 0.427 e. The van der Waals surface area contributed by atoms with Crippen LogP contribution in [-0.2, 0) is 30.9 Å². The second kappa shape index (κ2) is 8.13. The zero-order valence-corrected chi connectivity index (χ0v) is 18.0. The van der Waals surface area contributed by atoms with Gasteiger partial charge in [-0.3, -0.25) is 9.59 Å². The second-order valence-corrected chi connectivity index (χ2v) is 8.99. The molecule has 1 fully saturated rings. The van der Waals surface area contributed by atoms with Gasteiger partial charge in [-0.15, -0.1) is 5.10 Å². The van der Waals surface area contributed by atoms with Crippen molar-refractivity contribution in [2.45, 2.75) is 51.7 Å². The van der Waals surface area contributed by atoms with E-state index in [1.54, 1.807) is 32.5 Å². The Kier molecular flexibility index (Phi) is 5.97. The molecule has 0 radical (unpaired) electrons. The molecule has 0 aromatic carbocycles. The summed E-state index contributed by atoms with van der Waals surface area (Å²) in [6, 6.07) is -0.0274. The van der Waals surface area contributed by atoms with Crippen LogP contribution < -0.4 is 0 Å². The Labute approximate surface area is 173 Å². The predicted molar refractivity (Wildman–Crippen MR) is 102 cm³/mol. The number of ether oxygens (including phenoxy) is 2. The molecule has 0 N–H and O–H groups in total. The van der Waals surface area contributed by atoms with E-state index in [2.05, 4.69) is 15.5 Å². The van der Waals surface area contributed by atoms with Crippen LogP contribution in [0.5, 0.6) is 0 Å². The van der Waals surface area contributed by atoms with Crippen LogP contribution in [0.1, 0.15) is 40.5 Å². The van der Waals surface area contributed by atoms with E-state index >= 15 is 0 Å². The summed E-state index contributed by atoms with van der Waals surface area (Å²) in [5, 5.41) is 11.9. The third kappa shape index (κ3) is 4.14. The lowest BCUT2D eigenvalue weighted by Crippen LogP contribution is -2.58. The van der Waals surface area contributed by atoms with Crippen molar-refractivity contribution < 1.29 is 23.9 Å². The summed E-state index contributed by atoms with van der Waals surface area (Å²) in [7, 11) is 1.73. The highest BCUT2D eigenvalue weighted by molar-refractivity contribution is 7.99. The van der Waals surface area contributed by atoms with Crippen LogP contribution in [0.4, 0.5) is 0 Å². The van der Waals surface area contributed by atoms with Gasteiger partial charge in [0.1, 0.15) is 5.70 Å². The fourth-order valence-electron chi connectivity index (χ4n) is 3.37. The van der Waals surface area contributed by atoms with E-state index in [1.165, 1.54) is 16.7 Å². The summed E-state index contributed by atoms with van der Waals surface area (Å²) in [6.45, 7) is 6.60. The third-order valence-electron chi connectivity index (χ3n) is 4.96. The molecule has 0 aliphatic carbocycles. The topological polar surface area (TPSA) is 117 Å². The number of hydrogen-bond acceptors (Lipinski definition) is 9. The second-order valence-electron chi connectivity index (χ2n) is 8.05. The maximum absolute atomic E-state index is 12.7. The Morgan fingerprint density at radius 3 is 2.59 bits per heavy atom. The molecule has 29 heavy (non-hydrogen) atoms. The summed E-state index contributed by atoms with van der Waals surface area (Å²) in [5.74, 6) is -0.840. The average Bonchev–Trinajstić information content (AvgIpc) is 3.20. The first kappa shape index (κ1) is 21.3. The molecule has 10 nitrogen and oxygen atoms in total. The summed E-state index contributed by atoms with van der Waals surface area (Å²) < 4.78 is 11.7. The number of carbonyl (C=O) groups is 3. The van der Waals surface area contributed by atoms with Gasteiger partial charge in [0, 0.05) is 12.8 Å². The van der Waals surface area contributed by atoms with E-state index in [0.29, 0.717) is 17.3 Å². The number of aryl methyl sites for hydroxylation is 1. The minimum absolute atomic E-state index is 0.0274. The van der Waals surface area contributed by atoms with Gasteiger partial charge in [0.2, 0.25) is 17.9 Å². The Hall–Kier alpha value is -2.43. The van der Waals surface area contributed by atoms with Crippen molar-refractivity contribution >= 4 is 29.6 Å². The maximum atomic E-state index is 12.7. The van der Waals surface area contributed by atoms with Crippen molar-refractivity contribution in [2.75, 3.05) is 12.5 Å². The summed E-state index contributed by atoms with van der Waals surface area (Å²) in [6.07, 6.45) is 1.33. The van der Waals surface area contributed by atoms with Crippen LogP contribution in [-0.4, -0.2) is 61.5 Å². The minimum atomic E-state index is -0.697. The SMILES string of the molecule is CCC1C(=O)N2C(C(=O)OCOC(=O)C(C)(C)C)=C(CSc3nnnn3C)CC12. The number of rotatable bonds is 7. The van der Waals surface area contributed by atoms with Crippen molar-refractivity contribution in [3.05, 3.63) is 11.3 Å². The van der Waals surface area contributed by atoms with Crippen LogP contribution in [0, 0.1) is 11.3 Å². The highest BCUT2D eigenvalue weighted by Crippen LogP contribution is 2.45. The van der Waals surface area contributed by atoms with E-state index < -0.39 is 24.1 Å². The van der Waals surface area contributed by atoms with E-state index in [9.17, 15) is 14.4 Å². The van der Waals surface area contributed by atoms with Crippen LogP contribution in [0.3, 0.4) is 0 Å². The monoisotopic (exact) mass is 423 g/mol. The molecule has 1 amide bonds. The van der Waals surface area contributed by atoms with Crippen molar-refractivity contribution in [1.29, 1.82) is 0 Å². The summed E-state index contributed by atoms with van der Waals surface area (Å²) >= 11 is 1.38. The summed E-state index contributed by atoms with van der Waals surface area (Å²) in [5.41, 5.74) is 0.358. The van der Waals surface area contributed by atoms with Crippen LogP contribution in [0.25, 0.3) is 0 Å². The number of aromatic nitrogens is 4. The quantitative estimate of drug-likeness (QED) is 0.277. The molecule has 2 aliphatic rings. The molecule has 11 heteroatoms. The van der Waals surface area contributed by atoms with E-state index in [-0.39, 0.29) is 23.6 Å². The molecule has 2 atom stereocenters. The number of amides is 1. The number of nitrogens with zero attached hydrogens (tertiary/aromatic N) is 5. The van der Waals surface area contributed by atoms with Gasteiger partial charge in [-0.05, 0) is 49.6 Å². The zero-order valence-electron chi connectivity index (χ0n) is 17.2. The average molecular weight is 423 g/mol. The number of tetrazole rings is 1. The van der Waals surface area contributed by atoms with Crippen molar-refractivity contribution in [2.24, 2.45) is 18.4 Å². The molecule has 1 aromatic rings. The van der Waals surface area contributed by atoms with Crippen molar-refractivity contribution in [3.8, 4) is 0 Å². The minimum Gasteiger partial charge on any atom is -0.427 e. The summed E-state index contributed by atoms with van der Waals surface area (Å²) in [4.78, 5) is 38.6. The van der Waals surface area contributed by atoms with E-state index in [0.717, 1.165) is 12.0 Å². The predicted octanol–water partition coefficient (Wildman–Crippen LogP) is 1.29. The normalized spacial score (nSPS) is 21.1. The van der Waals surface area contributed by atoms with Crippen LogP contribution >= 0.6 is 11.8 Å². The van der Waals surface area contributed by atoms with Crippen molar-refractivity contribution in [1.82, 2.24) is 25.1 Å². The fraction of sp³-hybridized carbons (Fsp3) is 0.667. The van der Waals surface area contributed by atoms with Crippen LogP contribution in [0.15, 0.2) is 16.4 Å². The molecular formula is C18H25N5O5S. The Morgan fingerprint density at radius 1 is 1.28 bits per heavy atom. The zero-order chi connectivity index (χ0) is 21.3. The molecule has 2 aliphatic heterocycles. The molecule has 0 saturated carbocycles. The van der Waals surface area contributed by atoms with Crippen molar-refractivity contribution in [3.63, 3.8) is 0 Å². The van der Waals surface area contributed by atoms with E-state index in [1.807, 2.05) is 6.92 Å². The standard InChI is InChI=1S/C18H25N5O5S/c1-6-11-12-7-10(8-29-17-19-20-21-22(17)5)13(23(12)14(11)24)15(25)27-9-28-16(26)18(2,3)4/h11-12H,6-9H2,1-5H3. The van der Waals surface area contributed by atoms with Gasteiger partial charge in [0.15, 0.2) is 0 Å². The third-order valence-corrected chi connectivity index (χ3v) is 6.06. The Bertz CT molecular complexity index is 859. The number of thioether (sulfide) groups is 1. The number of carbonyl (C=O) groups excluding carboxylic acids is 3. The molecule has 3 heterocycles. The molecule has 158 valence electrons.